The minimum Gasteiger partial charge on any atom is -0.494 e. The van der Waals surface area contributed by atoms with Gasteiger partial charge in [-0.3, -0.25) is 0 Å². The number of hydrogen-bond acceptors (Lipinski definition) is 4. The third-order valence-electron chi connectivity index (χ3n) is 4.65. The summed E-state index contributed by atoms with van der Waals surface area (Å²) in [5.74, 6) is 0.170. The Labute approximate surface area is 156 Å². The van der Waals surface area contributed by atoms with E-state index in [1.165, 1.54) is 0 Å². The van der Waals surface area contributed by atoms with Crippen molar-refractivity contribution in [3.05, 3.63) is 47.4 Å². The summed E-state index contributed by atoms with van der Waals surface area (Å²) in [4.78, 5) is 9.06. The molecule has 0 saturated carbocycles. The summed E-state index contributed by atoms with van der Waals surface area (Å²) >= 11 is 6.06. The quantitative estimate of drug-likeness (QED) is 0.505. The number of benzene rings is 1. The van der Waals surface area contributed by atoms with E-state index >= 15 is 0 Å². The van der Waals surface area contributed by atoms with Crippen molar-refractivity contribution >= 4 is 39.1 Å². The van der Waals surface area contributed by atoms with Crippen LogP contribution in [0.3, 0.4) is 0 Å². The molecule has 0 spiro atoms. The van der Waals surface area contributed by atoms with Crippen LogP contribution < -0.4 is 5.73 Å². The van der Waals surface area contributed by atoms with Crippen molar-refractivity contribution < 1.29 is 5.11 Å². The first-order valence-corrected chi connectivity index (χ1v) is 8.91. The number of para-hydroxylation sites is 1. The van der Waals surface area contributed by atoms with Gasteiger partial charge in [-0.25, -0.2) is 9.97 Å². The highest BCUT2D eigenvalue weighted by atomic mass is 35.5. The summed E-state index contributed by atoms with van der Waals surface area (Å²) in [6, 6.07) is 7.85. The molecular formula is C20H19ClN4O. The van der Waals surface area contributed by atoms with Gasteiger partial charge in [0.2, 0.25) is 5.88 Å². The van der Waals surface area contributed by atoms with Crippen molar-refractivity contribution in [2.45, 2.75) is 26.8 Å². The second kappa shape index (κ2) is 6.18. The highest BCUT2D eigenvalue weighted by molar-refractivity contribution is 6.30. The number of nitrogen functional groups attached to an aromatic ring is 1. The zero-order valence-electron chi connectivity index (χ0n) is 14.6. The van der Waals surface area contributed by atoms with E-state index in [1.807, 2.05) is 37.4 Å². The van der Waals surface area contributed by atoms with Crippen LogP contribution >= 0.6 is 11.6 Å². The Bertz CT molecular complexity index is 1150. The summed E-state index contributed by atoms with van der Waals surface area (Å²) in [6.07, 6.45) is 4.51. The second-order valence-electron chi connectivity index (χ2n) is 6.47. The van der Waals surface area contributed by atoms with Crippen LogP contribution in [0.4, 0.5) is 5.69 Å². The monoisotopic (exact) mass is 366 g/mol. The van der Waals surface area contributed by atoms with E-state index in [-0.39, 0.29) is 5.88 Å². The maximum atomic E-state index is 10.5. The lowest BCUT2D eigenvalue weighted by Crippen LogP contribution is -1.94. The van der Waals surface area contributed by atoms with E-state index in [2.05, 4.69) is 11.9 Å². The van der Waals surface area contributed by atoms with E-state index in [1.54, 1.807) is 10.8 Å². The fourth-order valence-corrected chi connectivity index (χ4v) is 3.46. The van der Waals surface area contributed by atoms with Crippen LogP contribution in [0, 0.1) is 6.92 Å². The Kier molecular flexibility index (Phi) is 3.96. The number of nitrogens with two attached hydrogens (primary N) is 1. The van der Waals surface area contributed by atoms with Crippen molar-refractivity contribution in [1.82, 2.24) is 14.5 Å². The lowest BCUT2D eigenvalue weighted by molar-refractivity contribution is 0.421. The van der Waals surface area contributed by atoms with Gasteiger partial charge in [-0.15, -0.1) is 0 Å². The van der Waals surface area contributed by atoms with E-state index < -0.39 is 0 Å². The highest BCUT2D eigenvalue weighted by Gasteiger charge is 2.17. The van der Waals surface area contributed by atoms with Crippen LogP contribution in [0.15, 0.2) is 36.7 Å². The molecule has 0 fully saturated rings. The standard InChI is InChI=1S/C20H19ClN4O/c1-3-7-25-10-15-16(20(25)26)17(22)14-6-4-5-13(18(14)24-15)12-8-11(2)19(21)23-9-12/h4-6,8-10,26H,3,7,22H2,1-2H3. The van der Waals surface area contributed by atoms with Gasteiger partial charge in [-0.1, -0.05) is 36.7 Å². The molecule has 0 aliphatic heterocycles. The highest BCUT2D eigenvalue weighted by Crippen LogP contribution is 2.39. The predicted octanol–water partition coefficient (Wildman–Crippen LogP) is 4.91. The number of aryl methyl sites for hydroxylation is 2. The maximum Gasteiger partial charge on any atom is 0.202 e. The second-order valence-corrected chi connectivity index (χ2v) is 6.82. The number of nitrogens with zero attached hydrogens (tertiary/aromatic N) is 3. The topological polar surface area (TPSA) is 77.0 Å². The lowest BCUT2D eigenvalue weighted by Gasteiger charge is -2.10. The fraction of sp³-hybridized carbons (Fsp3) is 0.200. The van der Waals surface area contributed by atoms with E-state index in [0.717, 1.165) is 34.0 Å². The lowest BCUT2D eigenvalue weighted by atomic mass is 10.0. The molecule has 6 heteroatoms. The fourth-order valence-electron chi connectivity index (χ4n) is 3.36. The van der Waals surface area contributed by atoms with E-state index in [4.69, 9.17) is 22.3 Å². The zero-order valence-corrected chi connectivity index (χ0v) is 15.4. The summed E-state index contributed by atoms with van der Waals surface area (Å²) < 4.78 is 1.79. The molecule has 0 aliphatic carbocycles. The number of fused-ring (bicyclic) bond motifs is 2. The van der Waals surface area contributed by atoms with Crippen LogP contribution in [0.1, 0.15) is 18.9 Å². The van der Waals surface area contributed by atoms with Crippen molar-refractivity contribution in [3.8, 4) is 17.0 Å². The van der Waals surface area contributed by atoms with E-state index in [9.17, 15) is 5.11 Å². The molecule has 0 amide bonds. The van der Waals surface area contributed by atoms with Gasteiger partial charge in [0.1, 0.15) is 5.15 Å². The first-order valence-electron chi connectivity index (χ1n) is 8.53. The van der Waals surface area contributed by atoms with E-state index in [0.29, 0.717) is 28.3 Å². The van der Waals surface area contributed by atoms with Gasteiger partial charge >= 0.3 is 0 Å². The summed E-state index contributed by atoms with van der Waals surface area (Å²) in [6.45, 7) is 4.70. The van der Waals surface area contributed by atoms with Crippen molar-refractivity contribution in [2.24, 2.45) is 0 Å². The number of halogens is 1. The molecular weight excluding hydrogens is 348 g/mol. The van der Waals surface area contributed by atoms with Gasteiger partial charge < -0.3 is 15.4 Å². The molecule has 4 aromatic rings. The minimum absolute atomic E-state index is 0.170. The van der Waals surface area contributed by atoms with Gasteiger partial charge in [0.15, 0.2) is 0 Å². The molecule has 0 atom stereocenters. The number of aromatic hydroxyl groups is 1. The normalized spacial score (nSPS) is 11.5. The van der Waals surface area contributed by atoms with Crippen LogP contribution in [0.25, 0.3) is 32.9 Å². The molecule has 5 nitrogen and oxygen atoms in total. The molecule has 0 bridgehead atoms. The van der Waals surface area contributed by atoms with Crippen molar-refractivity contribution in [3.63, 3.8) is 0 Å². The van der Waals surface area contributed by atoms with Crippen LogP contribution in [-0.2, 0) is 6.54 Å². The molecule has 3 N–H and O–H groups in total. The summed E-state index contributed by atoms with van der Waals surface area (Å²) in [5, 5.41) is 12.4. The Morgan fingerprint density at radius 1 is 1.31 bits per heavy atom. The third kappa shape index (κ3) is 2.47. The molecule has 0 aliphatic rings. The molecule has 132 valence electrons. The molecule has 26 heavy (non-hydrogen) atoms. The Morgan fingerprint density at radius 2 is 2.12 bits per heavy atom. The van der Waals surface area contributed by atoms with Gasteiger partial charge in [-0.2, -0.15) is 0 Å². The van der Waals surface area contributed by atoms with Crippen LogP contribution in [0.5, 0.6) is 5.88 Å². The van der Waals surface area contributed by atoms with Crippen LogP contribution in [-0.4, -0.2) is 19.6 Å². The molecule has 0 unspecified atom stereocenters. The average molecular weight is 367 g/mol. The predicted molar refractivity (Wildman–Crippen MR) is 107 cm³/mol. The number of hydrogen-bond donors (Lipinski definition) is 2. The average Bonchev–Trinajstić information content (AvgIpc) is 2.93. The van der Waals surface area contributed by atoms with Gasteiger partial charge in [0, 0.05) is 35.5 Å². The molecule has 3 aromatic heterocycles. The maximum absolute atomic E-state index is 10.5. The molecule has 0 saturated heterocycles. The largest absolute Gasteiger partial charge is 0.494 e. The van der Waals surface area contributed by atoms with Crippen LogP contribution in [0.2, 0.25) is 5.15 Å². The Morgan fingerprint density at radius 3 is 2.85 bits per heavy atom. The Balaban J connectivity index is 2.04. The Hall–Kier alpha value is -2.79. The van der Waals surface area contributed by atoms with Gasteiger partial charge in [0.25, 0.3) is 0 Å². The molecule has 4 rings (SSSR count). The number of rotatable bonds is 3. The first kappa shape index (κ1) is 16.7. The number of aromatic nitrogens is 3. The number of pyridine rings is 2. The van der Waals surface area contributed by atoms with Crippen molar-refractivity contribution in [1.29, 1.82) is 0 Å². The SMILES string of the molecule is CCCn1cc2nc3c(-c4cnc(Cl)c(C)c4)cccc3c(N)c2c1O. The van der Waals surface area contributed by atoms with Gasteiger partial charge in [-0.05, 0) is 25.0 Å². The molecule has 3 heterocycles. The third-order valence-corrected chi connectivity index (χ3v) is 5.04. The molecule has 0 radical (unpaired) electrons. The van der Waals surface area contributed by atoms with Gasteiger partial charge in [0.05, 0.1) is 22.1 Å². The summed E-state index contributed by atoms with van der Waals surface area (Å²) in [5.41, 5.74) is 11.2. The summed E-state index contributed by atoms with van der Waals surface area (Å²) in [7, 11) is 0. The molecule has 1 aromatic carbocycles. The number of anilines is 1. The minimum atomic E-state index is 0.170. The van der Waals surface area contributed by atoms with Crippen molar-refractivity contribution in [2.75, 3.05) is 5.73 Å². The first-order chi connectivity index (χ1) is 12.5. The smallest absolute Gasteiger partial charge is 0.202 e. The zero-order chi connectivity index (χ0) is 18.4.